The Kier molecular flexibility index (Phi) is 9.33. The van der Waals surface area contributed by atoms with Crippen LogP contribution in [0, 0.1) is 13.8 Å². The summed E-state index contributed by atoms with van der Waals surface area (Å²) in [6.45, 7) is 7.06. The molecule has 0 amide bonds. The Morgan fingerprint density at radius 1 is 1.24 bits per heavy atom. The quantitative estimate of drug-likeness (QED) is 0.395. The number of ether oxygens (including phenoxy) is 1. The summed E-state index contributed by atoms with van der Waals surface area (Å²) < 4.78 is 7.69. The lowest BCUT2D eigenvalue weighted by Gasteiger charge is -2.22. The predicted molar refractivity (Wildman–Crippen MR) is 113 cm³/mol. The summed E-state index contributed by atoms with van der Waals surface area (Å²) >= 11 is 0. The first-order chi connectivity index (χ1) is 11.6. The second-order valence-electron chi connectivity index (χ2n) is 5.84. The Labute approximate surface area is 167 Å². The summed E-state index contributed by atoms with van der Waals surface area (Å²) in [4.78, 5) is 6.37. The second-order valence-corrected chi connectivity index (χ2v) is 5.84. The smallest absolute Gasteiger partial charge is 0.193 e. The highest BCUT2D eigenvalue weighted by molar-refractivity contribution is 14.0. The average molecular weight is 457 g/mol. The number of rotatable bonds is 7. The molecule has 0 bridgehead atoms. The molecule has 7 heteroatoms. The van der Waals surface area contributed by atoms with Crippen molar-refractivity contribution in [2.75, 3.05) is 33.8 Å². The van der Waals surface area contributed by atoms with E-state index >= 15 is 0 Å². The maximum Gasteiger partial charge on any atom is 0.193 e. The van der Waals surface area contributed by atoms with Crippen LogP contribution in [0.5, 0.6) is 5.75 Å². The van der Waals surface area contributed by atoms with Crippen molar-refractivity contribution in [1.29, 1.82) is 0 Å². The molecule has 0 saturated carbocycles. The summed E-state index contributed by atoms with van der Waals surface area (Å²) in [5.74, 6) is 1.75. The average Bonchev–Trinajstić information content (AvgIpc) is 2.98. The van der Waals surface area contributed by atoms with E-state index in [2.05, 4.69) is 39.4 Å². The van der Waals surface area contributed by atoms with Gasteiger partial charge < -0.3 is 15.0 Å². The van der Waals surface area contributed by atoms with E-state index < -0.39 is 0 Å². The van der Waals surface area contributed by atoms with Gasteiger partial charge in [0.05, 0.1) is 19.3 Å². The number of halogens is 1. The summed E-state index contributed by atoms with van der Waals surface area (Å²) in [6, 6.07) is 8.09. The SMILES string of the molecule is CN=C(NCCn1cc(C)cn1)N(C)CCOc1ccc(C)cc1.I. The minimum absolute atomic E-state index is 0. The molecule has 0 aliphatic rings. The topological polar surface area (TPSA) is 54.7 Å². The molecule has 0 unspecified atom stereocenters. The molecule has 1 aromatic heterocycles. The third-order valence-corrected chi connectivity index (χ3v) is 3.68. The van der Waals surface area contributed by atoms with Gasteiger partial charge in [0.2, 0.25) is 0 Å². The van der Waals surface area contributed by atoms with Gasteiger partial charge in [-0.25, -0.2) is 0 Å². The number of aryl methyl sites for hydroxylation is 2. The molecule has 2 rings (SSSR count). The van der Waals surface area contributed by atoms with Crippen molar-refractivity contribution in [3.63, 3.8) is 0 Å². The third kappa shape index (κ3) is 7.33. The van der Waals surface area contributed by atoms with E-state index in [4.69, 9.17) is 4.74 Å². The van der Waals surface area contributed by atoms with E-state index in [9.17, 15) is 0 Å². The van der Waals surface area contributed by atoms with Crippen LogP contribution in [0.2, 0.25) is 0 Å². The number of aliphatic imine (C=N–C) groups is 1. The first-order valence-corrected chi connectivity index (χ1v) is 8.19. The van der Waals surface area contributed by atoms with Crippen molar-refractivity contribution < 1.29 is 4.74 Å². The van der Waals surface area contributed by atoms with E-state index in [1.54, 1.807) is 7.05 Å². The lowest BCUT2D eigenvalue weighted by Crippen LogP contribution is -2.42. The van der Waals surface area contributed by atoms with Crippen molar-refractivity contribution in [3.8, 4) is 5.75 Å². The molecule has 0 spiro atoms. The highest BCUT2D eigenvalue weighted by Crippen LogP contribution is 2.11. The number of nitrogens with one attached hydrogen (secondary N) is 1. The van der Waals surface area contributed by atoms with E-state index in [1.807, 2.05) is 43.2 Å². The summed E-state index contributed by atoms with van der Waals surface area (Å²) in [6.07, 6.45) is 3.90. The van der Waals surface area contributed by atoms with E-state index in [1.165, 1.54) is 11.1 Å². The number of benzene rings is 1. The lowest BCUT2D eigenvalue weighted by molar-refractivity contribution is 0.281. The fraction of sp³-hybridized carbons (Fsp3) is 0.444. The van der Waals surface area contributed by atoms with Crippen LogP contribution in [0.1, 0.15) is 11.1 Å². The van der Waals surface area contributed by atoms with Crippen LogP contribution < -0.4 is 10.1 Å². The predicted octanol–water partition coefficient (Wildman–Crippen LogP) is 2.70. The summed E-state index contributed by atoms with van der Waals surface area (Å²) in [7, 11) is 3.80. The molecule has 2 aromatic rings. The number of guanidine groups is 1. The van der Waals surface area contributed by atoms with Crippen LogP contribution in [0.3, 0.4) is 0 Å². The van der Waals surface area contributed by atoms with Gasteiger partial charge >= 0.3 is 0 Å². The van der Waals surface area contributed by atoms with Crippen molar-refractivity contribution in [3.05, 3.63) is 47.8 Å². The van der Waals surface area contributed by atoms with Gasteiger partial charge in [-0.15, -0.1) is 24.0 Å². The summed E-state index contributed by atoms with van der Waals surface area (Å²) in [5, 5.41) is 7.62. The molecular formula is C18H28IN5O. The number of aromatic nitrogens is 2. The third-order valence-electron chi connectivity index (χ3n) is 3.68. The van der Waals surface area contributed by atoms with Gasteiger partial charge in [-0.1, -0.05) is 17.7 Å². The van der Waals surface area contributed by atoms with Gasteiger partial charge in [-0.05, 0) is 31.5 Å². The van der Waals surface area contributed by atoms with Crippen LogP contribution in [0.15, 0.2) is 41.7 Å². The molecular weight excluding hydrogens is 429 g/mol. The second kappa shape index (κ2) is 11.0. The monoisotopic (exact) mass is 457 g/mol. The summed E-state index contributed by atoms with van der Waals surface area (Å²) in [5.41, 5.74) is 2.40. The zero-order chi connectivity index (χ0) is 17.4. The molecule has 0 fully saturated rings. The maximum absolute atomic E-state index is 5.76. The molecule has 1 heterocycles. The lowest BCUT2D eigenvalue weighted by atomic mass is 10.2. The molecule has 0 atom stereocenters. The molecule has 138 valence electrons. The number of nitrogens with zero attached hydrogens (tertiary/aromatic N) is 4. The minimum atomic E-state index is 0. The zero-order valence-corrected chi connectivity index (χ0v) is 17.7. The van der Waals surface area contributed by atoms with Gasteiger partial charge in [-0.3, -0.25) is 9.67 Å². The van der Waals surface area contributed by atoms with Crippen molar-refractivity contribution in [2.45, 2.75) is 20.4 Å². The molecule has 0 aliphatic heterocycles. The van der Waals surface area contributed by atoms with Crippen molar-refractivity contribution in [1.82, 2.24) is 20.0 Å². The Bertz CT molecular complexity index is 654. The van der Waals surface area contributed by atoms with Crippen LogP contribution in [0.25, 0.3) is 0 Å². The van der Waals surface area contributed by atoms with Gasteiger partial charge in [0, 0.05) is 26.8 Å². The Hall–Kier alpha value is -1.77. The molecule has 0 saturated heterocycles. The standard InChI is InChI=1S/C18H27N5O.HI/c1-15-5-7-17(8-6-15)24-12-11-22(4)18(19-3)20-9-10-23-14-16(2)13-21-23;/h5-8,13-14H,9-12H2,1-4H3,(H,19,20);1H. The highest BCUT2D eigenvalue weighted by Gasteiger charge is 2.05. The van der Waals surface area contributed by atoms with Gasteiger partial charge in [0.1, 0.15) is 12.4 Å². The van der Waals surface area contributed by atoms with Crippen LogP contribution in [-0.2, 0) is 6.54 Å². The highest BCUT2D eigenvalue weighted by atomic mass is 127. The van der Waals surface area contributed by atoms with Gasteiger partial charge in [0.25, 0.3) is 0 Å². The molecule has 1 aromatic carbocycles. The molecule has 6 nitrogen and oxygen atoms in total. The normalized spacial score (nSPS) is 11.0. The largest absolute Gasteiger partial charge is 0.492 e. The molecule has 0 radical (unpaired) electrons. The fourth-order valence-electron chi connectivity index (χ4n) is 2.30. The number of hydrogen-bond acceptors (Lipinski definition) is 3. The zero-order valence-electron chi connectivity index (χ0n) is 15.4. The first kappa shape index (κ1) is 21.3. The van der Waals surface area contributed by atoms with Crippen molar-refractivity contribution >= 4 is 29.9 Å². The van der Waals surface area contributed by atoms with Gasteiger partial charge in [0.15, 0.2) is 5.96 Å². The van der Waals surface area contributed by atoms with Crippen LogP contribution in [-0.4, -0.2) is 54.4 Å². The Balaban J connectivity index is 0.00000312. The first-order valence-electron chi connectivity index (χ1n) is 8.19. The fourth-order valence-corrected chi connectivity index (χ4v) is 2.30. The van der Waals surface area contributed by atoms with E-state index in [0.29, 0.717) is 6.61 Å². The van der Waals surface area contributed by atoms with Crippen LogP contribution in [0.4, 0.5) is 0 Å². The van der Waals surface area contributed by atoms with E-state index in [0.717, 1.165) is 31.3 Å². The van der Waals surface area contributed by atoms with Crippen molar-refractivity contribution in [2.24, 2.45) is 4.99 Å². The number of likely N-dealkylation sites (N-methyl/N-ethyl adjacent to an activating group) is 1. The number of hydrogen-bond donors (Lipinski definition) is 1. The maximum atomic E-state index is 5.76. The molecule has 0 aliphatic carbocycles. The Morgan fingerprint density at radius 3 is 2.56 bits per heavy atom. The minimum Gasteiger partial charge on any atom is -0.492 e. The van der Waals surface area contributed by atoms with Crippen LogP contribution >= 0.6 is 24.0 Å². The van der Waals surface area contributed by atoms with E-state index in [-0.39, 0.29) is 24.0 Å². The molecule has 25 heavy (non-hydrogen) atoms. The molecule has 1 N–H and O–H groups in total. The van der Waals surface area contributed by atoms with Gasteiger partial charge in [-0.2, -0.15) is 5.10 Å². The Morgan fingerprint density at radius 2 is 1.96 bits per heavy atom.